The standard InChI is InChI=1S/C14H24N2O/c1-13(10-16-9-5-8-15)11-17-12-14-6-3-2-4-7-14/h2-4,6-7,13,16H,5,8-12,15H2,1H3. The third-order valence-electron chi connectivity index (χ3n) is 2.56. The Morgan fingerprint density at radius 1 is 1.29 bits per heavy atom. The Morgan fingerprint density at radius 2 is 2.06 bits per heavy atom. The lowest BCUT2D eigenvalue weighted by Crippen LogP contribution is -2.26. The average Bonchev–Trinajstić information content (AvgIpc) is 2.36. The van der Waals surface area contributed by atoms with Crippen molar-refractivity contribution in [3.05, 3.63) is 35.9 Å². The van der Waals surface area contributed by atoms with Gasteiger partial charge in [0.05, 0.1) is 13.2 Å². The predicted octanol–water partition coefficient (Wildman–Crippen LogP) is 1.78. The van der Waals surface area contributed by atoms with Crippen LogP contribution in [0.25, 0.3) is 0 Å². The van der Waals surface area contributed by atoms with E-state index in [0.29, 0.717) is 12.5 Å². The van der Waals surface area contributed by atoms with Gasteiger partial charge in [-0.3, -0.25) is 0 Å². The predicted molar refractivity (Wildman–Crippen MR) is 71.8 cm³/mol. The number of benzene rings is 1. The van der Waals surface area contributed by atoms with Gasteiger partial charge in [-0.1, -0.05) is 37.3 Å². The molecule has 0 aromatic heterocycles. The molecule has 3 heteroatoms. The Bertz CT molecular complexity index is 277. The summed E-state index contributed by atoms with van der Waals surface area (Å²) in [5.74, 6) is 0.538. The molecule has 1 rings (SSSR count). The van der Waals surface area contributed by atoms with Gasteiger partial charge in [0.25, 0.3) is 0 Å². The first kappa shape index (κ1) is 14.2. The second-order valence-electron chi connectivity index (χ2n) is 4.45. The molecule has 96 valence electrons. The summed E-state index contributed by atoms with van der Waals surface area (Å²) in [5.41, 5.74) is 6.66. The fraction of sp³-hybridized carbons (Fsp3) is 0.571. The maximum Gasteiger partial charge on any atom is 0.0717 e. The lowest BCUT2D eigenvalue weighted by Gasteiger charge is -2.13. The number of nitrogens with one attached hydrogen (secondary N) is 1. The molecular formula is C14H24N2O. The molecule has 0 amide bonds. The highest BCUT2D eigenvalue weighted by Crippen LogP contribution is 2.02. The molecule has 3 N–H and O–H groups in total. The van der Waals surface area contributed by atoms with Crippen molar-refractivity contribution in [2.24, 2.45) is 11.7 Å². The minimum atomic E-state index is 0.538. The highest BCUT2D eigenvalue weighted by Gasteiger charge is 2.01. The molecule has 0 fully saturated rings. The SMILES string of the molecule is CC(CNCCCN)COCc1ccccc1. The average molecular weight is 236 g/mol. The van der Waals surface area contributed by atoms with Crippen molar-refractivity contribution in [1.82, 2.24) is 5.32 Å². The summed E-state index contributed by atoms with van der Waals surface area (Å²) in [5, 5.41) is 3.37. The van der Waals surface area contributed by atoms with E-state index in [1.54, 1.807) is 0 Å². The molecular weight excluding hydrogens is 212 g/mol. The van der Waals surface area contributed by atoms with Crippen LogP contribution >= 0.6 is 0 Å². The molecule has 0 saturated carbocycles. The fourth-order valence-corrected chi connectivity index (χ4v) is 1.59. The van der Waals surface area contributed by atoms with E-state index in [1.165, 1.54) is 5.56 Å². The molecule has 1 unspecified atom stereocenters. The first-order chi connectivity index (χ1) is 8.33. The van der Waals surface area contributed by atoms with Gasteiger partial charge in [0.2, 0.25) is 0 Å². The third kappa shape index (κ3) is 7.10. The van der Waals surface area contributed by atoms with Gasteiger partial charge in [0.15, 0.2) is 0 Å². The van der Waals surface area contributed by atoms with Crippen LogP contribution in [0.3, 0.4) is 0 Å². The number of nitrogens with two attached hydrogens (primary N) is 1. The van der Waals surface area contributed by atoms with Crippen molar-refractivity contribution in [2.75, 3.05) is 26.2 Å². The van der Waals surface area contributed by atoms with Crippen LogP contribution in [0.4, 0.5) is 0 Å². The molecule has 0 aliphatic carbocycles. The molecule has 0 aliphatic heterocycles. The minimum absolute atomic E-state index is 0.538. The van der Waals surface area contributed by atoms with Crippen LogP contribution in [0, 0.1) is 5.92 Å². The summed E-state index contributed by atoms with van der Waals surface area (Å²) in [6, 6.07) is 10.3. The second kappa shape index (κ2) is 9.16. The van der Waals surface area contributed by atoms with Gasteiger partial charge in [-0.15, -0.1) is 0 Å². The van der Waals surface area contributed by atoms with Gasteiger partial charge in [-0.25, -0.2) is 0 Å². The number of hydrogen-bond acceptors (Lipinski definition) is 3. The molecule has 0 radical (unpaired) electrons. The molecule has 0 heterocycles. The van der Waals surface area contributed by atoms with Crippen molar-refractivity contribution in [1.29, 1.82) is 0 Å². The minimum Gasteiger partial charge on any atom is -0.376 e. The maximum absolute atomic E-state index is 5.67. The monoisotopic (exact) mass is 236 g/mol. The van der Waals surface area contributed by atoms with E-state index in [0.717, 1.165) is 32.7 Å². The summed E-state index contributed by atoms with van der Waals surface area (Å²) in [6.45, 7) is 6.44. The largest absolute Gasteiger partial charge is 0.376 e. The summed E-state index contributed by atoms with van der Waals surface area (Å²) >= 11 is 0. The number of rotatable bonds is 9. The number of ether oxygens (including phenoxy) is 1. The molecule has 0 spiro atoms. The van der Waals surface area contributed by atoms with Gasteiger partial charge in [0.1, 0.15) is 0 Å². The van der Waals surface area contributed by atoms with Gasteiger partial charge in [0, 0.05) is 0 Å². The van der Waals surface area contributed by atoms with Crippen molar-refractivity contribution < 1.29 is 4.74 Å². The van der Waals surface area contributed by atoms with E-state index < -0.39 is 0 Å². The third-order valence-corrected chi connectivity index (χ3v) is 2.56. The van der Waals surface area contributed by atoms with Gasteiger partial charge < -0.3 is 15.8 Å². The van der Waals surface area contributed by atoms with Crippen molar-refractivity contribution >= 4 is 0 Å². The van der Waals surface area contributed by atoms with Gasteiger partial charge >= 0.3 is 0 Å². The zero-order valence-electron chi connectivity index (χ0n) is 10.7. The van der Waals surface area contributed by atoms with Crippen LogP contribution in [0.1, 0.15) is 18.9 Å². The smallest absolute Gasteiger partial charge is 0.0717 e. The topological polar surface area (TPSA) is 47.3 Å². The fourth-order valence-electron chi connectivity index (χ4n) is 1.59. The highest BCUT2D eigenvalue weighted by atomic mass is 16.5. The maximum atomic E-state index is 5.67. The molecule has 17 heavy (non-hydrogen) atoms. The zero-order valence-corrected chi connectivity index (χ0v) is 10.7. The summed E-state index contributed by atoms with van der Waals surface area (Å²) in [6.07, 6.45) is 1.04. The van der Waals surface area contributed by atoms with Gasteiger partial charge in [-0.05, 0) is 37.5 Å². The van der Waals surface area contributed by atoms with E-state index >= 15 is 0 Å². The Kier molecular flexibility index (Phi) is 7.63. The van der Waals surface area contributed by atoms with E-state index in [1.807, 2.05) is 18.2 Å². The quantitative estimate of drug-likeness (QED) is 0.642. The molecule has 0 bridgehead atoms. The van der Waals surface area contributed by atoms with Crippen LogP contribution in [0.5, 0.6) is 0 Å². The molecule has 1 aromatic carbocycles. The normalized spacial score (nSPS) is 12.6. The van der Waals surface area contributed by atoms with Crippen molar-refractivity contribution in [2.45, 2.75) is 20.0 Å². The van der Waals surface area contributed by atoms with Crippen LogP contribution in [-0.4, -0.2) is 26.2 Å². The summed E-state index contributed by atoms with van der Waals surface area (Å²) < 4.78 is 5.67. The zero-order chi connectivity index (χ0) is 12.3. The lowest BCUT2D eigenvalue weighted by molar-refractivity contribution is 0.0919. The van der Waals surface area contributed by atoms with E-state index in [4.69, 9.17) is 10.5 Å². The summed E-state index contributed by atoms with van der Waals surface area (Å²) in [7, 11) is 0. The molecule has 0 saturated heterocycles. The molecule has 1 aromatic rings. The Hall–Kier alpha value is -0.900. The van der Waals surface area contributed by atoms with Crippen LogP contribution in [-0.2, 0) is 11.3 Å². The van der Waals surface area contributed by atoms with E-state index in [-0.39, 0.29) is 0 Å². The summed E-state index contributed by atoms with van der Waals surface area (Å²) in [4.78, 5) is 0. The molecule has 0 aliphatic rings. The molecule has 3 nitrogen and oxygen atoms in total. The number of hydrogen-bond donors (Lipinski definition) is 2. The first-order valence-corrected chi connectivity index (χ1v) is 6.35. The Labute approximate surface area is 104 Å². The van der Waals surface area contributed by atoms with E-state index in [2.05, 4.69) is 24.4 Å². The van der Waals surface area contributed by atoms with Gasteiger partial charge in [-0.2, -0.15) is 0 Å². The first-order valence-electron chi connectivity index (χ1n) is 6.35. The van der Waals surface area contributed by atoms with Crippen molar-refractivity contribution in [3.8, 4) is 0 Å². The van der Waals surface area contributed by atoms with Crippen LogP contribution in [0.2, 0.25) is 0 Å². The molecule has 1 atom stereocenters. The van der Waals surface area contributed by atoms with Crippen molar-refractivity contribution in [3.63, 3.8) is 0 Å². The van der Waals surface area contributed by atoms with Crippen LogP contribution in [0.15, 0.2) is 30.3 Å². The van der Waals surface area contributed by atoms with Crippen LogP contribution < -0.4 is 11.1 Å². The Morgan fingerprint density at radius 3 is 2.76 bits per heavy atom. The lowest BCUT2D eigenvalue weighted by atomic mass is 10.2. The van der Waals surface area contributed by atoms with E-state index in [9.17, 15) is 0 Å². The Balaban J connectivity index is 2.02. The second-order valence-corrected chi connectivity index (χ2v) is 4.45. The highest BCUT2D eigenvalue weighted by molar-refractivity contribution is 5.13.